The second-order valence-corrected chi connectivity index (χ2v) is 4.66. The van der Waals surface area contributed by atoms with Gasteiger partial charge in [-0.1, -0.05) is 12.1 Å². The third kappa shape index (κ3) is 3.61. The number of benzene rings is 1. The van der Waals surface area contributed by atoms with Crippen LogP contribution < -0.4 is 11.1 Å². The largest absolute Gasteiger partial charge is 0.464 e. The normalized spacial score (nSPS) is 12.1. The number of hydrogen-bond donors (Lipinski definition) is 2. The molecule has 0 aliphatic carbocycles. The molecular formula is C15H18N2O2. The van der Waals surface area contributed by atoms with E-state index in [1.165, 1.54) is 0 Å². The van der Waals surface area contributed by atoms with Gasteiger partial charge in [0.1, 0.15) is 11.5 Å². The van der Waals surface area contributed by atoms with Crippen molar-refractivity contribution in [2.75, 3.05) is 5.73 Å². The Morgan fingerprint density at radius 3 is 2.53 bits per heavy atom. The first-order chi connectivity index (χ1) is 9.04. The Hall–Kier alpha value is -2.23. The van der Waals surface area contributed by atoms with Crippen LogP contribution in [-0.2, 0) is 11.2 Å². The van der Waals surface area contributed by atoms with Crippen molar-refractivity contribution in [3.63, 3.8) is 0 Å². The number of aryl methyl sites for hydroxylation is 1. The predicted molar refractivity (Wildman–Crippen MR) is 74.6 cm³/mol. The lowest BCUT2D eigenvalue weighted by Crippen LogP contribution is -2.27. The number of carbonyl (C=O) groups is 1. The zero-order valence-corrected chi connectivity index (χ0v) is 11.1. The summed E-state index contributed by atoms with van der Waals surface area (Å²) in [6.07, 6.45) is 0.338. The summed E-state index contributed by atoms with van der Waals surface area (Å²) in [4.78, 5) is 11.9. The molecule has 0 aliphatic heterocycles. The maximum absolute atomic E-state index is 11.9. The number of furan rings is 1. The fourth-order valence-corrected chi connectivity index (χ4v) is 1.87. The Bertz CT molecular complexity index is 558. The number of hydrogen-bond acceptors (Lipinski definition) is 3. The summed E-state index contributed by atoms with van der Waals surface area (Å²) >= 11 is 0. The number of nitrogens with two attached hydrogens (primary N) is 1. The molecule has 0 spiro atoms. The molecule has 4 heteroatoms. The van der Waals surface area contributed by atoms with Crippen molar-refractivity contribution in [1.82, 2.24) is 5.32 Å². The van der Waals surface area contributed by atoms with Gasteiger partial charge in [0.05, 0.1) is 12.5 Å². The molecule has 19 heavy (non-hydrogen) atoms. The van der Waals surface area contributed by atoms with E-state index in [2.05, 4.69) is 5.32 Å². The molecule has 1 heterocycles. The second kappa shape index (κ2) is 5.61. The lowest BCUT2D eigenvalue weighted by Gasteiger charge is -2.11. The minimum atomic E-state index is -0.130. The van der Waals surface area contributed by atoms with Crippen molar-refractivity contribution in [3.05, 3.63) is 53.5 Å². The molecule has 0 fully saturated rings. The summed E-state index contributed by atoms with van der Waals surface area (Å²) in [7, 11) is 0. The van der Waals surface area contributed by atoms with Gasteiger partial charge in [0.15, 0.2) is 0 Å². The van der Waals surface area contributed by atoms with Gasteiger partial charge in [0.2, 0.25) is 5.91 Å². The first-order valence-corrected chi connectivity index (χ1v) is 6.24. The highest BCUT2D eigenvalue weighted by atomic mass is 16.3. The van der Waals surface area contributed by atoms with Crippen molar-refractivity contribution in [2.24, 2.45) is 0 Å². The fourth-order valence-electron chi connectivity index (χ4n) is 1.87. The first-order valence-electron chi connectivity index (χ1n) is 6.24. The Labute approximate surface area is 112 Å². The van der Waals surface area contributed by atoms with E-state index in [0.29, 0.717) is 12.1 Å². The van der Waals surface area contributed by atoms with E-state index in [4.69, 9.17) is 10.2 Å². The average molecular weight is 258 g/mol. The van der Waals surface area contributed by atoms with E-state index < -0.39 is 0 Å². The molecule has 2 aromatic rings. The summed E-state index contributed by atoms with van der Waals surface area (Å²) in [5, 5.41) is 2.91. The molecule has 1 amide bonds. The van der Waals surface area contributed by atoms with Gasteiger partial charge >= 0.3 is 0 Å². The Morgan fingerprint density at radius 1 is 1.26 bits per heavy atom. The van der Waals surface area contributed by atoms with Crippen molar-refractivity contribution < 1.29 is 9.21 Å². The van der Waals surface area contributed by atoms with E-state index >= 15 is 0 Å². The van der Waals surface area contributed by atoms with Gasteiger partial charge in [0, 0.05) is 5.69 Å². The highest BCUT2D eigenvalue weighted by Gasteiger charge is 2.12. The molecule has 4 nitrogen and oxygen atoms in total. The van der Waals surface area contributed by atoms with Crippen molar-refractivity contribution in [1.29, 1.82) is 0 Å². The van der Waals surface area contributed by atoms with Gasteiger partial charge in [-0.05, 0) is 43.7 Å². The Balaban J connectivity index is 1.92. The van der Waals surface area contributed by atoms with E-state index in [0.717, 1.165) is 17.1 Å². The van der Waals surface area contributed by atoms with Crippen LogP contribution in [-0.4, -0.2) is 5.91 Å². The number of nitrogen functional groups attached to an aromatic ring is 1. The SMILES string of the molecule is Cc1ccc(C(C)NC(=O)Cc2ccc(N)cc2)o1. The summed E-state index contributed by atoms with van der Waals surface area (Å²) in [5.74, 6) is 1.57. The molecule has 100 valence electrons. The van der Waals surface area contributed by atoms with Gasteiger partial charge in [-0.15, -0.1) is 0 Å². The van der Waals surface area contributed by atoms with E-state index in [1.54, 1.807) is 12.1 Å². The van der Waals surface area contributed by atoms with Gasteiger partial charge < -0.3 is 15.5 Å². The maximum Gasteiger partial charge on any atom is 0.224 e. The van der Waals surface area contributed by atoms with Crippen LogP contribution >= 0.6 is 0 Å². The highest BCUT2D eigenvalue weighted by Crippen LogP contribution is 2.15. The number of anilines is 1. The molecule has 1 unspecified atom stereocenters. The fraction of sp³-hybridized carbons (Fsp3) is 0.267. The summed E-state index contributed by atoms with van der Waals surface area (Å²) in [5.41, 5.74) is 7.24. The van der Waals surface area contributed by atoms with Crippen LogP contribution in [0.2, 0.25) is 0 Å². The van der Waals surface area contributed by atoms with Gasteiger partial charge in [-0.25, -0.2) is 0 Å². The molecule has 1 aromatic carbocycles. The van der Waals surface area contributed by atoms with Crippen LogP contribution in [0.4, 0.5) is 5.69 Å². The van der Waals surface area contributed by atoms with Crippen LogP contribution in [0.1, 0.15) is 30.0 Å². The standard InChI is InChI=1S/C15H18N2O2/c1-10-3-8-14(19-10)11(2)17-15(18)9-12-4-6-13(16)7-5-12/h3-8,11H,9,16H2,1-2H3,(H,17,18). The number of rotatable bonds is 4. The topological polar surface area (TPSA) is 68.3 Å². The molecule has 1 aromatic heterocycles. The Morgan fingerprint density at radius 2 is 1.95 bits per heavy atom. The van der Waals surface area contributed by atoms with Crippen LogP contribution in [0, 0.1) is 6.92 Å². The smallest absolute Gasteiger partial charge is 0.224 e. The minimum absolute atomic E-state index is 0.0358. The second-order valence-electron chi connectivity index (χ2n) is 4.66. The molecule has 0 bridgehead atoms. The molecule has 0 aliphatic rings. The molecule has 3 N–H and O–H groups in total. The summed E-state index contributed by atoms with van der Waals surface area (Å²) in [6.45, 7) is 3.78. The van der Waals surface area contributed by atoms with Gasteiger partial charge in [-0.2, -0.15) is 0 Å². The van der Waals surface area contributed by atoms with Crippen molar-refractivity contribution >= 4 is 11.6 Å². The third-order valence-corrected chi connectivity index (χ3v) is 2.91. The summed E-state index contributed by atoms with van der Waals surface area (Å²) in [6, 6.07) is 10.9. The third-order valence-electron chi connectivity index (χ3n) is 2.91. The zero-order valence-electron chi connectivity index (χ0n) is 11.1. The summed E-state index contributed by atoms with van der Waals surface area (Å²) < 4.78 is 5.48. The highest BCUT2D eigenvalue weighted by molar-refractivity contribution is 5.79. The van der Waals surface area contributed by atoms with Gasteiger partial charge in [-0.3, -0.25) is 4.79 Å². The molecular weight excluding hydrogens is 240 g/mol. The number of amides is 1. The molecule has 0 radical (unpaired) electrons. The Kier molecular flexibility index (Phi) is 3.90. The van der Waals surface area contributed by atoms with Crippen LogP contribution in [0.3, 0.4) is 0 Å². The van der Waals surface area contributed by atoms with Crippen molar-refractivity contribution in [3.8, 4) is 0 Å². The van der Waals surface area contributed by atoms with Crippen molar-refractivity contribution in [2.45, 2.75) is 26.3 Å². The quantitative estimate of drug-likeness (QED) is 0.828. The number of carbonyl (C=O) groups excluding carboxylic acids is 1. The van der Waals surface area contributed by atoms with Crippen LogP contribution in [0.5, 0.6) is 0 Å². The molecule has 2 rings (SSSR count). The minimum Gasteiger partial charge on any atom is -0.464 e. The first kappa shape index (κ1) is 13.2. The van der Waals surface area contributed by atoms with E-state index in [-0.39, 0.29) is 11.9 Å². The van der Waals surface area contributed by atoms with E-state index in [1.807, 2.05) is 38.1 Å². The molecule has 0 saturated heterocycles. The lowest BCUT2D eigenvalue weighted by atomic mass is 10.1. The molecule has 0 saturated carbocycles. The van der Waals surface area contributed by atoms with Crippen LogP contribution in [0.15, 0.2) is 40.8 Å². The maximum atomic E-state index is 11.9. The average Bonchev–Trinajstić information content (AvgIpc) is 2.79. The van der Waals surface area contributed by atoms with E-state index in [9.17, 15) is 4.79 Å². The van der Waals surface area contributed by atoms with Gasteiger partial charge in [0.25, 0.3) is 0 Å². The number of nitrogens with one attached hydrogen (secondary N) is 1. The monoisotopic (exact) mass is 258 g/mol. The lowest BCUT2D eigenvalue weighted by molar-refractivity contribution is -0.121. The predicted octanol–water partition coefficient (Wildman–Crippen LogP) is 2.59. The zero-order chi connectivity index (χ0) is 13.8. The van der Waals surface area contributed by atoms with Crippen LogP contribution in [0.25, 0.3) is 0 Å². The molecule has 1 atom stereocenters.